The van der Waals surface area contributed by atoms with Crippen LogP contribution in [0.15, 0.2) is 53.3 Å². The van der Waals surface area contributed by atoms with E-state index >= 15 is 0 Å². The first-order valence-electron chi connectivity index (χ1n) is 10.8. The van der Waals surface area contributed by atoms with E-state index in [0.29, 0.717) is 26.1 Å². The number of nitrogens with zero attached hydrogens (tertiary/aromatic N) is 3. The molecule has 166 valence electrons. The van der Waals surface area contributed by atoms with Crippen molar-refractivity contribution < 1.29 is 9.59 Å². The third-order valence-electron chi connectivity index (χ3n) is 5.90. The molecule has 1 fully saturated rings. The highest BCUT2D eigenvalue weighted by atomic mass is 16.2. The van der Waals surface area contributed by atoms with Gasteiger partial charge in [-0.3, -0.25) is 14.6 Å². The van der Waals surface area contributed by atoms with Gasteiger partial charge in [0.15, 0.2) is 0 Å². The van der Waals surface area contributed by atoms with Gasteiger partial charge in [0.05, 0.1) is 5.92 Å². The summed E-state index contributed by atoms with van der Waals surface area (Å²) in [6.45, 7) is 5.73. The second kappa shape index (κ2) is 9.21. The molecular weight excluding hydrogens is 406 g/mol. The molecule has 8 nitrogen and oxygen atoms in total. The van der Waals surface area contributed by atoms with E-state index in [2.05, 4.69) is 52.4 Å². The van der Waals surface area contributed by atoms with Crippen LogP contribution in [0.3, 0.4) is 0 Å². The fraction of sp³-hybridized carbons (Fsp3) is 0.333. The quantitative estimate of drug-likeness (QED) is 0.644. The second-order valence-corrected chi connectivity index (χ2v) is 8.16. The first kappa shape index (κ1) is 21.5. The van der Waals surface area contributed by atoms with Gasteiger partial charge in [-0.05, 0) is 37.0 Å². The minimum atomic E-state index is -0.528. The summed E-state index contributed by atoms with van der Waals surface area (Å²) in [5, 5.41) is 5.97. The third kappa shape index (κ3) is 4.64. The van der Waals surface area contributed by atoms with E-state index in [1.165, 1.54) is 5.56 Å². The molecule has 1 atom stereocenters. The Labute approximate surface area is 186 Å². The van der Waals surface area contributed by atoms with Gasteiger partial charge in [0, 0.05) is 26.2 Å². The lowest BCUT2D eigenvalue weighted by atomic mass is 9.95. The number of carbonyl (C=O) groups excluding carboxylic acids is 2. The van der Waals surface area contributed by atoms with E-state index < -0.39 is 5.69 Å². The maximum absolute atomic E-state index is 13.1. The van der Waals surface area contributed by atoms with Gasteiger partial charge in [-0.2, -0.15) is 0 Å². The first-order valence-corrected chi connectivity index (χ1v) is 10.8. The fourth-order valence-electron chi connectivity index (χ4n) is 4.16. The smallest absolute Gasteiger partial charge is 0.341 e. The Balaban J connectivity index is 1.53. The first-order chi connectivity index (χ1) is 15.4. The second-order valence-electron chi connectivity index (χ2n) is 8.16. The van der Waals surface area contributed by atoms with Gasteiger partial charge in [0.25, 0.3) is 5.91 Å². The maximum Gasteiger partial charge on any atom is 0.341 e. The van der Waals surface area contributed by atoms with E-state index in [0.717, 1.165) is 16.7 Å². The van der Waals surface area contributed by atoms with Crippen molar-refractivity contribution in [2.75, 3.05) is 26.2 Å². The SMILES string of the molecule is CCN1CCN(C(=O)c2n[nH]c(=O)[nH]2)CC(Cc2ccc(-c3cccc(C)c3)cc2)C1=O. The van der Waals surface area contributed by atoms with Crippen LogP contribution in [0.1, 0.15) is 28.7 Å². The van der Waals surface area contributed by atoms with Gasteiger partial charge in [-0.15, -0.1) is 5.10 Å². The average Bonchev–Trinajstić information content (AvgIpc) is 3.17. The molecule has 32 heavy (non-hydrogen) atoms. The van der Waals surface area contributed by atoms with Crippen molar-refractivity contribution in [3.05, 3.63) is 76.0 Å². The van der Waals surface area contributed by atoms with Gasteiger partial charge in [-0.25, -0.2) is 9.89 Å². The van der Waals surface area contributed by atoms with Crippen molar-refractivity contribution in [2.24, 2.45) is 5.92 Å². The number of carbonyl (C=O) groups is 2. The summed E-state index contributed by atoms with van der Waals surface area (Å²) in [5.41, 5.74) is 4.00. The lowest BCUT2D eigenvalue weighted by Gasteiger charge is -2.23. The Morgan fingerprint density at radius 2 is 1.88 bits per heavy atom. The summed E-state index contributed by atoms with van der Waals surface area (Å²) in [5.74, 6) is -0.736. The predicted molar refractivity (Wildman–Crippen MR) is 121 cm³/mol. The lowest BCUT2D eigenvalue weighted by molar-refractivity contribution is -0.134. The highest BCUT2D eigenvalue weighted by molar-refractivity contribution is 5.91. The minimum absolute atomic E-state index is 0.0337. The van der Waals surface area contributed by atoms with E-state index in [1.807, 2.05) is 25.1 Å². The molecule has 0 saturated carbocycles. The number of aromatic amines is 2. The van der Waals surface area contributed by atoms with Crippen LogP contribution in [-0.2, 0) is 11.2 Å². The Morgan fingerprint density at radius 1 is 1.09 bits per heavy atom. The topological polar surface area (TPSA) is 102 Å². The molecule has 0 spiro atoms. The number of aromatic nitrogens is 3. The zero-order valence-corrected chi connectivity index (χ0v) is 18.3. The van der Waals surface area contributed by atoms with Crippen LogP contribution in [0.4, 0.5) is 0 Å². The van der Waals surface area contributed by atoms with Crippen LogP contribution < -0.4 is 5.69 Å². The molecule has 0 aliphatic carbocycles. The Kier molecular flexibility index (Phi) is 6.20. The predicted octanol–water partition coefficient (Wildman–Crippen LogP) is 2.24. The van der Waals surface area contributed by atoms with Crippen molar-refractivity contribution in [1.82, 2.24) is 25.0 Å². The number of rotatable bonds is 5. The van der Waals surface area contributed by atoms with Crippen molar-refractivity contribution in [2.45, 2.75) is 20.3 Å². The molecule has 2 aromatic carbocycles. The largest absolute Gasteiger partial charge is 0.341 e. The zero-order chi connectivity index (χ0) is 22.7. The van der Waals surface area contributed by atoms with Crippen LogP contribution in [0, 0.1) is 12.8 Å². The number of nitrogens with one attached hydrogen (secondary N) is 2. The van der Waals surface area contributed by atoms with Gasteiger partial charge in [0.2, 0.25) is 11.7 Å². The lowest BCUT2D eigenvalue weighted by Crippen LogP contribution is -2.38. The standard InChI is InChI=1S/C24H27N5O3/c1-3-28-11-12-29(23(31)21-25-24(32)27-26-21)15-20(22(28)30)14-17-7-9-18(10-8-17)19-6-4-5-16(2)13-19/h4-10,13,20H,3,11-12,14-15H2,1-2H3,(H2,25,26,27,32). The molecule has 2 N–H and O–H groups in total. The molecule has 2 heterocycles. The number of aryl methyl sites for hydroxylation is 1. The van der Waals surface area contributed by atoms with Crippen LogP contribution in [-0.4, -0.2) is 63.0 Å². The molecule has 1 saturated heterocycles. The molecule has 3 aromatic rings. The van der Waals surface area contributed by atoms with Crippen LogP contribution >= 0.6 is 0 Å². The molecule has 2 amide bonds. The minimum Gasteiger partial charge on any atom is -0.341 e. The highest BCUT2D eigenvalue weighted by Gasteiger charge is 2.32. The van der Waals surface area contributed by atoms with Gasteiger partial charge >= 0.3 is 5.69 Å². The molecular formula is C24H27N5O3. The normalized spacial score (nSPS) is 16.8. The van der Waals surface area contributed by atoms with Crippen molar-refractivity contribution in [1.29, 1.82) is 0 Å². The summed E-state index contributed by atoms with van der Waals surface area (Å²) < 4.78 is 0. The summed E-state index contributed by atoms with van der Waals surface area (Å²) >= 11 is 0. The van der Waals surface area contributed by atoms with Gasteiger partial charge in [0.1, 0.15) is 0 Å². The molecule has 1 aliphatic heterocycles. The number of benzene rings is 2. The van der Waals surface area contributed by atoms with E-state index in [9.17, 15) is 14.4 Å². The highest BCUT2D eigenvalue weighted by Crippen LogP contribution is 2.23. The molecule has 0 radical (unpaired) electrons. The summed E-state index contributed by atoms with van der Waals surface area (Å²) in [6, 6.07) is 16.6. The maximum atomic E-state index is 13.1. The van der Waals surface area contributed by atoms with Crippen LogP contribution in [0.25, 0.3) is 11.1 Å². The fourth-order valence-corrected chi connectivity index (χ4v) is 4.16. The van der Waals surface area contributed by atoms with Gasteiger partial charge < -0.3 is 9.80 Å². The summed E-state index contributed by atoms with van der Waals surface area (Å²) in [6.07, 6.45) is 0.532. The van der Waals surface area contributed by atoms with Crippen molar-refractivity contribution >= 4 is 11.8 Å². The number of H-pyrrole nitrogens is 2. The zero-order valence-electron chi connectivity index (χ0n) is 18.3. The van der Waals surface area contributed by atoms with Crippen molar-refractivity contribution in [3.63, 3.8) is 0 Å². The van der Waals surface area contributed by atoms with Crippen molar-refractivity contribution in [3.8, 4) is 11.1 Å². The Hall–Kier alpha value is -3.68. The van der Waals surface area contributed by atoms with Crippen LogP contribution in [0.5, 0.6) is 0 Å². The number of hydrogen-bond donors (Lipinski definition) is 2. The summed E-state index contributed by atoms with van der Waals surface area (Å²) in [4.78, 5) is 43.1. The molecule has 0 bridgehead atoms. The third-order valence-corrected chi connectivity index (χ3v) is 5.90. The van der Waals surface area contributed by atoms with E-state index in [4.69, 9.17) is 0 Å². The molecule has 8 heteroatoms. The molecule has 1 aliphatic rings. The Morgan fingerprint density at radius 3 is 2.53 bits per heavy atom. The van der Waals surface area contributed by atoms with E-state index in [1.54, 1.807) is 9.80 Å². The van der Waals surface area contributed by atoms with E-state index in [-0.39, 0.29) is 30.1 Å². The number of likely N-dealkylation sites (N-methyl/N-ethyl adjacent to an activating group) is 1. The molecule has 1 unspecified atom stereocenters. The summed E-state index contributed by atoms with van der Waals surface area (Å²) in [7, 11) is 0. The number of hydrogen-bond acceptors (Lipinski definition) is 4. The Bertz CT molecular complexity index is 1160. The average molecular weight is 434 g/mol. The molecule has 4 rings (SSSR count). The van der Waals surface area contributed by atoms with Crippen LogP contribution in [0.2, 0.25) is 0 Å². The van der Waals surface area contributed by atoms with Gasteiger partial charge in [-0.1, -0.05) is 54.1 Å². The monoisotopic (exact) mass is 433 g/mol. The molecule has 1 aromatic heterocycles. The number of amides is 2.